The number of ether oxygens (including phenoxy) is 1. The van der Waals surface area contributed by atoms with Crippen LogP contribution in [0.2, 0.25) is 0 Å². The zero-order valence-corrected chi connectivity index (χ0v) is 19.2. The number of ketones is 1. The van der Waals surface area contributed by atoms with Crippen molar-refractivity contribution in [2.75, 3.05) is 45.7 Å². The van der Waals surface area contributed by atoms with Crippen molar-refractivity contribution >= 4 is 29.0 Å². The number of carbonyl (C=O) groups is 3. The maximum Gasteiger partial charge on any atom is 0.296 e. The predicted molar refractivity (Wildman–Crippen MR) is 124 cm³/mol. The van der Waals surface area contributed by atoms with Crippen molar-refractivity contribution in [3.8, 4) is 5.75 Å². The molecule has 8 nitrogen and oxygen atoms in total. The van der Waals surface area contributed by atoms with Gasteiger partial charge < -0.3 is 24.5 Å². The first-order valence-electron chi connectivity index (χ1n) is 10.8. The molecular weight excluding hydrogens is 422 g/mol. The van der Waals surface area contributed by atoms with Crippen LogP contribution in [-0.2, 0) is 19.9 Å². The zero-order chi connectivity index (χ0) is 23.9. The van der Waals surface area contributed by atoms with E-state index in [9.17, 15) is 19.5 Å². The van der Waals surface area contributed by atoms with E-state index in [0.29, 0.717) is 35.7 Å². The first-order valence-corrected chi connectivity index (χ1v) is 10.8. The molecule has 0 unspecified atom stereocenters. The van der Waals surface area contributed by atoms with Crippen molar-refractivity contribution in [2.24, 2.45) is 0 Å². The molecular formula is C25H27N3O5. The molecule has 1 N–H and O–H groups in total. The topological polar surface area (TPSA) is 90.4 Å². The van der Waals surface area contributed by atoms with Gasteiger partial charge in [-0.1, -0.05) is 18.2 Å². The van der Waals surface area contributed by atoms with Crippen molar-refractivity contribution in [1.82, 2.24) is 9.80 Å². The fraction of sp³-hybridized carbons (Fsp3) is 0.320. The number of Topliss-reactive ketones (excluding diaryl/α,β-unsaturated/α-hetero) is 1. The number of aliphatic hydroxyl groups is 1. The summed E-state index contributed by atoms with van der Waals surface area (Å²) in [5.74, 6) is -1.90. The van der Waals surface area contributed by atoms with E-state index >= 15 is 0 Å². The number of aliphatic hydroxyl groups excluding tert-OH is 1. The molecule has 2 amide bonds. The number of anilines is 1. The maximum atomic E-state index is 14.0. The molecule has 1 fully saturated rings. The third-order valence-electron chi connectivity index (χ3n) is 6.26. The maximum absolute atomic E-state index is 14.0. The molecule has 0 radical (unpaired) electrons. The molecule has 1 spiro atoms. The molecule has 2 aromatic carbocycles. The number of methoxy groups -OCH3 is 1. The van der Waals surface area contributed by atoms with Gasteiger partial charge >= 0.3 is 0 Å². The van der Waals surface area contributed by atoms with Gasteiger partial charge in [-0.3, -0.25) is 14.4 Å². The van der Waals surface area contributed by atoms with Crippen LogP contribution in [0.5, 0.6) is 5.75 Å². The standard InChI is InChI=1S/C25H27N3O5/c1-5-27-19-9-7-6-8-18(19)25(24(27)32)20(21(29)16-10-12-17(33-4)13-11-16)22(30)23(31)28(25)15-14-26(2)3/h6-13,29H,5,14-15H2,1-4H3/t25-/m0/s1. The molecule has 0 aliphatic carbocycles. The Kier molecular flexibility index (Phi) is 5.71. The molecule has 1 saturated heterocycles. The average Bonchev–Trinajstić information content (AvgIpc) is 3.20. The van der Waals surface area contributed by atoms with Gasteiger partial charge in [-0.15, -0.1) is 0 Å². The van der Waals surface area contributed by atoms with Crippen LogP contribution < -0.4 is 9.64 Å². The van der Waals surface area contributed by atoms with E-state index in [1.54, 1.807) is 47.4 Å². The van der Waals surface area contributed by atoms with Gasteiger partial charge in [0.25, 0.3) is 17.6 Å². The van der Waals surface area contributed by atoms with Crippen molar-refractivity contribution in [2.45, 2.75) is 12.5 Å². The lowest BCUT2D eigenvalue weighted by molar-refractivity contribution is -0.143. The quantitative estimate of drug-likeness (QED) is 0.413. The third kappa shape index (κ3) is 3.21. The summed E-state index contributed by atoms with van der Waals surface area (Å²) in [5.41, 5.74) is -0.459. The molecule has 2 aromatic rings. The fourth-order valence-corrected chi connectivity index (χ4v) is 4.67. The van der Waals surface area contributed by atoms with Gasteiger partial charge in [0.2, 0.25) is 0 Å². The van der Waals surface area contributed by atoms with E-state index in [-0.39, 0.29) is 17.9 Å². The summed E-state index contributed by atoms with van der Waals surface area (Å²) in [4.78, 5) is 45.5. The Morgan fingerprint density at radius 3 is 2.33 bits per heavy atom. The second kappa shape index (κ2) is 8.37. The Morgan fingerprint density at radius 2 is 1.73 bits per heavy atom. The van der Waals surface area contributed by atoms with E-state index < -0.39 is 23.1 Å². The second-order valence-electron chi connectivity index (χ2n) is 8.32. The highest BCUT2D eigenvalue weighted by atomic mass is 16.5. The van der Waals surface area contributed by atoms with E-state index in [1.165, 1.54) is 12.0 Å². The van der Waals surface area contributed by atoms with E-state index in [2.05, 4.69) is 0 Å². The van der Waals surface area contributed by atoms with Crippen molar-refractivity contribution in [3.05, 3.63) is 65.2 Å². The summed E-state index contributed by atoms with van der Waals surface area (Å²) >= 11 is 0. The summed E-state index contributed by atoms with van der Waals surface area (Å²) in [6.07, 6.45) is 0. The summed E-state index contributed by atoms with van der Waals surface area (Å²) in [6.45, 7) is 2.79. The molecule has 2 aliphatic heterocycles. The normalized spacial score (nSPS) is 21.4. The molecule has 2 aliphatic rings. The fourth-order valence-electron chi connectivity index (χ4n) is 4.67. The molecule has 0 saturated carbocycles. The summed E-state index contributed by atoms with van der Waals surface area (Å²) in [5, 5.41) is 11.4. The molecule has 0 aromatic heterocycles. The van der Waals surface area contributed by atoms with Gasteiger partial charge in [0.05, 0.1) is 18.4 Å². The van der Waals surface area contributed by atoms with Crippen LogP contribution in [0.4, 0.5) is 5.69 Å². The minimum absolute atomic E-state index is 0.147. The lowest BCUT2D eigenvalue weighted by Crippen LogP contribution is -2.53. The molecule has 4 rings (SSSR count). The molecule has 8 heteroatoms. The van der Waals surface area contributed by atoms with Gasteiger partial charge in [0, 0.05) is 30.8 Å². The minimum atomic E-state index is -1.72. The Bertz CT molecular complexity index is 1150. The molecule has 2 heterocycles. The third-order valence-corrected chi connectivity index (χ3v) is 6.26. The largest absolute Gasteiger partial charge is 0.507 e. The number of para-hydroxylation sites is 1. The van der Waals surface area contributed by atoms with Gasteiger partial charge in [-0.25, -0.2) is 0 Å². The average molecular weight is 450 g/mol. The van der Waals surface area contributed by atoms with E-state index in [1.807, 2.05) is 32.0 Å². The van der Waals surface area contributed by atoms with Gasteiger partial charge in [-0.2, -0.15) is 0 Å². The number of carbonyl (C=O) groups excluding carboxylic acids is 3. The number of fused-ring (bicyclic) bond motifs is 2. The number of likely N-dealkylation sites (N-methyl/N-ethyl adjacent to an activating group) is 2. The Hall–Kier alpha value is -3.65. The molecule has 33 heavy (non-hydrogen) atoms. The summed E-state index contributed by atoms with van der Waals surface area (Å²) in [6, 6.07) is 13.6. The Morgan fingerprint density at radius 1 is 1.06 bits per heavy atom. The van der Waals surface area contributed by atoms with Crippen LogP contribution in [0.1, 0.15) is 18.1 Å². The highest BCUT2D eigenvalue weighted by molar-refractivity contribution is 6.50. The van der Waals surface area contributed by atoms with Crippen molar-refractivity contribution in [1.29, 1.82) is 0 Å². The van der Waals surface area contributed by atoms with Crippen LogP contribution in [-0.4, -0.2) is 73.3 Å². The van der Waals surface area contributed by atoms with E-state index in [4.69, 9.17) is 4.74 Å². The van der Waals surface area contributed by atoms with Gasteiger partial charge in [-0.05, 0) is 51.4 Å². The number of benzene rings is 2. The van der Waals surface area contributed by atoms with Gasteiger partial charge in [0.1, 0.15) is 11.5 Å². The second-order valence-corrected chi connectivity index (χ2v) is 8.32. The number of rotatable bonds is 6. The number of nitrogens with zero attached hydrogens (tertiary/aromatic N) is 3. The lowest BCUT2D eigenvalue weighted by Gasteiger charge is -2.35. The molecule has 172 valence electrons. The highest BCUT2D eigenvalue weighted by Gasteiger charge is 2.66. The number of amides is 2. The predicted octanol–water partition coefficient (Wildman–Crippen LogP) is 2.20. The van der Waals surface area contributed by atoms with Crippen LogP contribution in [0.15, 0.2) is 54.1 Å². The zero-order valence-electron chi connectivity index (χ0n) is 19.2. The summed E-state index contributed by atoms with van der Waals surface area (Å²) < 4.78 is 5.18. The first-order chi connectivity index (χ1) is 15.8. The Balaban J connectivity index is 2.02. The van der Waals surface area contributed by atoms with Crippen molar-refractivity contribution < 1.29 is 24.2 Å². The van der Waals surface area contributed by atoms with Gasteiger partial charge in [0.15, 0.2) is 5.54 Å². The highest BCUT2D eigenvalue weighted by Crippen LogP contribution is 2.53. The number of hydrogen-bond donors (Lipinski definition) is 1. The first kappa shape index (κ1) is 22.5. The van der Waals surface area contributed by atoms with Crippen LogP contribution in [0.25, 0.3) is 5.76 Å². The SMILES string of the molecule is CCN1C(=O)[C@@]2(C(=C(O)c3ccc(OC)cc3)C(=O)C(=O)N2CCN(C)C)c2ccccc21. The minimum Gasteiger partial charge on any atom is -0.507 e. The smallest absolute Gasteiger partial charge is 0.296 e. The molecule has 0 bridgehead atoms. The summed E-state index contributed by atoms with van der Waals surface area (Å²) in [7, 11) is 5.23. The molecule has 1 atom stereocenters. The van der Waals surface area contributed by atoms with Crippen molar-refractivity contribution in [3.63, 3.8) is 0 Å². The lowest BCUT2D eigenvalue weighted by atomic mass is 9.82. The van der Waals surface area contributed by atoms with E-state index in [0.717, 1.165) is 0 Å². The number of hydrogen-bond acceptors (Lipinski definition) is 6. The monoisotopic (exact) mass is 449 g/mol. The van der Waals surface area contributed by atoms with Crippen LogP contribution in [0.3, 0.4) is 0 Å². The Labute approximate surface area is 192 Å². The van der Waals surface area contributed by atoms with Crippen LogP contribution >= 0.6 is 0 Å². The number of likely N-dealkylation sites (tertiary alicyclic amines) is 1. The van der Waals surface area contributed by atoms with Crippen LogP contribution in [0, 0.1) is 0 Å².